The molecule has 0 bridgehead atoms. The molecule has 0 saturated carbocycles. The van der Waals surface area contributed by atoms with Crippen molar-refractivity contribution in [3.63, 3.8) is 0 Å². The number of rotatable bonds is 12. The number of aliphatic hydroxyl groups is 1. The molecule has 4 nitrogen and oxygen atoms in total. The SMILES string of the molecule is Cl.OCCNCc1ccc(OCCc2ccccc2)c(OCCc2ccccc2)c1. The minimum atomic E-state index is 0. The van der Waals surface area contributed by atoms with E-state index in [4.69, 9.17) is 14.6 Å². The zero-order valence-electron chi connectivity index (χ0n) is 17.1. The van der Waals surface area contributed by atoms with Gasteiger partial charge >= 0.3 is 0 Å². The third kappa shape index (κ3) is 8.07. The quantitative estimate of drug-likeness (QED) is 0.420. The second-order valence-corrected chi connectivity index (χ2v) is 6.85. The summed E-state index contributed by atoms with van der Waals surface area (Å²) in [6, 6.07) is 26.7. The minimum Gasteiger partial charge on any atom is -0.489 e. The van der Waals surface area contributed by atoms with Gasteiger partial charge in [0.05, 0.1) is 19.8 Å². The Bertz CT molecular complexity index is 844. The molecule has 5 heteroatoms. The average Bonchev–Trinajstić information content (AvgIpc) is 2.77. The first kappa shape index (κ1) is 23.7. The van der Waals surface area contributed by atoms with Crippen LogP contribution in [0.4, 0.5) is 0 Å². The van der Waals surface area contributed by atoms with Gasteiger partial charge in [0, 0.05) is 25.9 Å². The van der Waals surface area contributed by atoms with Crippen molar-refractivity contribution in [3.8, 4) is 11.5 Å². The van der Waals surface area contributed by atoms with E-state index < -0.39 is 0 Å². The Morgan fingerprint density at radius 1 is 0.667 bits per heavy atom. The first-order valence-electron chi connectivity index (χ1n) is 10.1. The summed E-state index contributed by atoms with van der Waals surface area (Å²) in [5, 5.41) is 12.1. The van der Waals surface area contributed by atoms with Crippen LogP contribution in [0.3, 0.4) is 0 Å². The molecule has 0 aromatic heterocycles. The van der Waals surface area contributed by atoms with Crippen LogP contribution in [0.1, 0.15) is 16.7 Å². The number of hydrogen-bond donors (Lipinski definition) is 2. The van der Waals surface area contributed by atoms with Gasteiger partial charge in [0.1, 0.15) is 0 Å². The largest absolute Gasteiger partial charge is 0.489 e. The van der Waals surface area contributed by atoms with E-state index in [0.717, 1.165) is 29.9 Å². The molecular formula is C25H30ClNO3. The summed E-state index contributed by atoms with van der Waals surface area (Å²) in [5.74, 6) is 1.53. The lowest BCUT2D eigenvalue weighted by molar-refractivity contribution is 0.271. The van der Waals surface area contributed by atoms with E-state index in [-0.39, 0.29) is 19.0 Å². The molecule has 0 radical (unpaired) electrons. The molecule has 0 unspecified atom stereocenters. The van der Waals surface area contributed by atoms with E-state index in [0.29, 0.717) is 26.3 Å². The summed E-state index contributed by atoms with van der Waals surface area (Å²) < 4.78 is 12.1. The zero-order valence-corrected chi connectivity index (χ0v) is 17.9. The van der Waals surface area contributed by atoms with Crippen LogP contribution in [0.15, 0.2) is 78.9 Å². The van der Waals surface area contributed by atoms with Gasteiger partial charge in [-0.05, 0) is 28.8 Å². The Hall–Kier alpha value is -2.53. The molecule has 2 N–H and O–H groups in total. The molecule has 160 valence electrons. The van der Waals surface area contributed by atoms with E-state index in [1.165, 1.54) is 11.1 Å². The molecule has 0 aliphatic rings. The van der Waals surface area contributed by atoms with Gasteiger partial charge in [-0.3, -0.25) is 0 Å². The van der Waals surface area contributed by atoms with Gasteiger partial charge < -0.3 is 19.9 Å². The number of hydrogen-bond acceptors (Lipinski definition) is 4. The van der Waals surface area contributed by atoms with Gasteiger partial charge in [-0.2, -0.15) is 0 Å². The van der Waals surface area contributed by atoms with E-state index in [2.05, 4.69) is 29.6 Å². The maximum Gasteiger partial charge on any atom is 0.161 e. The molecule has 0 saturated heterocycles. The fourth-order valence-corrected chi connectivity index (χ4v) is 3.05. The van der Waals surface area contributed by atoms with Crippen molar-refractivity contribution in [2.45, 2.75) is 19.4 Å². The monoisotopic (exact) mass is 427 g/mol. The molecule has 0 spiro atoms. The average molecular weight is 428 g/mol. The zero-order chi connectivity index (χ0) is 20.2. The number of aliphatic hydroxyl groups excluding tert-OH is 1. The van der Waals surface area contributed by atoms with Gasteiger partial charge in [0.25, 0.3) is 0 Å². The molecule has 3 aromatic carbocycles. The summed E-state index contributed by atoms with van der Waals surface area (Å²) in [4.78, 5) is 0. The normalized spacial score (nSPS) is 10.3. The third-order valence-electron chi connectivity index (χ3n) is 4.61. The summed E-state index contributed by atoms with van der Waals surface area (Å²) in [6.07, 6.45) is 1.70. The number of ether oxygens (including phenoxy) is 2. The molecule has 0 atom stereocenters. The van der Waals surface area contributed by atoms with Crippen LogP contribution in [0, 0.1) is 0 Å². The number of benzene rings is 3. The van der Waals surface area contributed by atoms with Crippen molar-refractivity contribution in [2.75, 3.05) is 26.4 Å². The lowest BCUT2D eigenvalue weighted by Crippen LogP contribution is -2.17. The second-order valence-electron chi connectivity index (χ2n) is 6.85. The molecule has 0 fully saturated rings. The van der Waals surface area contributed by atoms with Crippen molar-refractivity contribution in [1.29, 1.82) is 0 Å². The first-order valence-corrected chi connectivity index (χ1v) is 10.1. The first-order chi connectivity index (χ1) is 14.3. The Morgan fingerprint density at radius 2 is 1.23 bits per heavy atom. The predicted octanol–water partition coefficient (Wildman–Crippen LogP) is 4.43. The number of halogens is 1. The van der Waals surface area contributed by atoms with Gasteiger partial charge in [-0.15, -0.1) is 12.4 Å². The predicted molar refractivity (Wildman–Crippen MR) is 124 cm³/mol. The molecule has 0 heterocycles. The molecule has 0 amide bonds. The van der Waals surface area contributed by atoms with E-state index in [9.17, 15) is 0 Å². The van der Waals surface area contributed by atoms with Crippen LogP contribution < -0.4 is 14.8 Å². The lowest BCUT2D eigenvalue weighted by Gasteiger charge is -2.15. The van der Waals surface area contributed by atoms with Crippen molar-refractivity contribution >= 4 is 12.4 Å². The highest BCUT2D eigenvalue weighted by atomic mass is 35.5. The molecule has 3 aromatic rings. The Morgan fingerprint density at radius 3 is 1.80 bits per heavy atom. The van der Waals surface area contributed by atoms with Gasteiger partial charge in [0.15, 0.2) is 11.5 Å². The van der Waals surface area contributed by atoms with Gasteiger partial charge in [0.2, 0.25) is 0 Å². The van der Waals surface area contributed by atoms with Crippen LogP contribution in [-0.4, -0.2) is 31.5 Å². The smallest absolute Gasteiger partial charge is 0.161 e. The Kier molecular flexibility index (Phi) is 10.8. The van der Waals surface area contributed by atoms with E-state index in [1.807, 2.05) is 54.6 Å². The highest BCUT2D eigenvalue weighted by molar-refractivity contribution is 5.85. The second kappa shape index (κ2) is 13.6. The highest BCUT2D eigenvalue weighted by Gasteiger charge is 2.08. The summed E-state index contributed by atoms with van der Waals surface area (Å²) >= 11 is 0. The maximum atomic E-state index is 8.95. The van der Waals surface area contributed by atoms with Crippen LogP contribution in [0.5, 0.6) is 11.5 Å². The van der Waals surface area contributed by atoms with Crippen LogP contribution >= 0.6 is 12.4 Å². The van der Waals surface area contributed by atoms with Crippen molar-refractivity contribution in [3.05, 3.63) is 95.6 Å². The van der Waals surface area contributed by atoms with Crippen molar-refractivity contribution in [2.24, 2.45) is 0 Å². The van der Waals surface area contributed by atoms with Crippen molar-refractivity contribution < 1.29 is 14.6 Å². The third-order valence-corrected chi connectivity index (χ3v) is 4.61. The number of nitrogens with one attached hydrogen (secondary N) is 1. The fraction of sp³-hybridized carbons (Fsp3) is 0.280. The Labute approximate surface area is 185 Å². The van der Waals surface area contributed by atoms with E-state index in [1.54, 1.807) is 0 Å². The van der Waals surface area contributed by atoms with Crippen molar-refractivity contribution in [1.82, 2.24) is 5.32 Å². The van der Waals surface area contributed by atoms with Crippen LogP contribution in [0.25, 0.3) is 0 Å². The van der Waals surface area contributed by atoms with Crippen LogP contribution in [-0.2, 0) is 19.4 Å². The topological polar surface area (TPSA) is 50.7 Å². The molecule has 0 aliphatic carbocycles. The summed E-state index contributed by atoms with van der Waals surface area (Å²) in [7, 11) is 0. The molecule has 30 heavy (non-hydrogen) atoms. The van der Waals surface area contributed by atoms with Crippen LogP contribution in [0.2, 0.25) is 0 Å². The summed E-state index contributed by atoms with van der Waals surface area (Å²) in [6.45, 7) is 2.56. The van der Waals surface area contributed by atoms with Gasteiger partial charge in [-0.25, -0.2) is 0 Å². The molecule has 0 aliphatic heterocycles. The molecule has 3 rings (SSSR count). The molecular weight excluding hydrogens is 398 g/mol. The lowest BCUT2D eigenvalue weighted by atomic mass is 10.1. The standard InChI is InChI=1S/C25H29NO3.ClH/c27-16-15-26-20-23-11-12-24(28-17-13-21-7-3-1-4-8-21)25(19-23)29-18-14-22-9-5-2-6-10-22;/h1-12,19,26-27H,13-18,20H2;1H. The van der Waals surface area contributed by atoms with E-state index >= 15 is 0 Å². The Balaban J connectivity index is 0.00000320. The van der Waals surface area contributed by atoms with Gasteiger partial charge in [-0.1, -0.05) is 66.7 Å². The minimum absolute atomic E-state index is 0. The summed E-state index contributed by atoms with van der Waals surface area (Å²) in [5.41, 5.74) is 3.60. The highest BCUT2D eigenvalue weighted by Crippen LogP contribution is 2.29. The fourth-order valence-electron chi connectivity index (χ4n) is 3.05. The maximum absolute atomic E-state index is 8.95.